The van der Waals surface area contributed by atoms with Crippen molar-refractivity contribution in [2.75, 3.05) is 26.4 Å². The predicted octanol–water partition coefficient (Wildman–Crippen LogP) is 12.0. The lowest BCUT2D eigenvalue weighted by Crippen LogP contribution is -2.29. The van der Waals surface area contributed by atoms with E-state index in [1.165, 1.54) is 0 Å². The van der Waals surface area contributed by atoms with Crippen molar-refractivity contribution in [2.24, 2.45) is 17.3 Å². The first-order valence-corrected chi connectivity index (χ1v) is 19.4. The minimum Gasteiger partial charge on any atom is -0.871 e. The molecule has 6 nitrogen and oxygen atoms in total. The molecule has 0 unspecified atom stereocenters. The van der Waals surface area contributed by atoms with Gasteiger partial charge in [0.05, 0.1) is 44.9 Å². The number of benzene rings is 2. The Morgan fingerprint density at radius 1 is 0.759 bits per heavy atom. The van der Waals surface area contributed by atoms with Gasteiger partial charge in [0, 0.05) is 41.4 Å². The summed E-state index contributed by atoms with van der Waals surface area (Å²) in [6, 6.07) is 14.1. The molecule has 0 saturated heterocycles. The Morgan fingerprint density at radius 3 is 1.91 bits per heavy atom. The van der Waals surface area contributed by atoms with Gasteiger partial charge in [0.15, 0.2) is 5.78 Å². The Hall–Kier alpha value is -3.36. The van der Waals surface area contributed by atoms with Gasteiger partial charge in [-0.05, 0) is 97.5 Å². The van der Waals surface area contributed by atoms with Crippen LogP contribution in [0.15, 0.2) is 99.4 Å². The third-order valence-electron chi connectivity index (χ3n) is 8.80. The SMILES string of the molecule is CC(C)COCC(C)(C)C1=C/C(=C\C2=C([O-])C(=C/c3cc(-c4ccc(Cl)c(Cl)c4)[o+]c(C(C)(C)COCC(C)C)c3)/C2=O)C=C(c2ccc(Cl)c(Cl)c2)O1. The molecule has 5 rings (SSSR count). The molecule has 2 heterocycles. The van der Waals surface area contributed by atoms with Crippen molar-refractivity contribution in [1.29, 1.82) is 0 Å². The van der Waals surface area contributed by atoms with E-state index in [0.717, 1.165) is 0 Å². The van der Waals surface area contributed by atoms with Crippen molar-refractivity contribution in [3.05, 3.63) is 132 Å². The molecule has 10 heteroatoms. The van der Waals surface area contributed by atoms with Crippen LogP contribution in [0.2, 0.25) is 20.1 Å². The molecule has 0 radical (unpaired) electrons. The zero-order chi connectivity index (χ0) is 39.5. The minimum atomic E-state index is -0.539. The topological polar surface area (TPSA) is 79.1 Å². The normalized spacial score (nSPS) is 16.7. The van der Waals surface area contributed by atoms with Crippen LogP contribution in [0.25, 0.3) is 23.2 Å². The van der Waals surface area contributed by atoms with Gasteiger partial charge in [-0.1, -0.05) is 93.7 Å². The average Bonchev–Trinajstić information content (AvgIpc) is 3.11. The number of carbonyl (C=O) groups excluding carboxylic acids is 1. The van der Waals surface area contributed by atoms with Crippen LogP contribution in [-0.2, 0) is 24.4 Å². The monoisotopic (exact) mass is 810 g/mol. The molecular weight excluding hydrogens is 766 g/mol. The van der Waals surface area contributed by atoms with Crippen LogP contribution in [0, 0.1) is 17.3 Å². The predicted molar refractivity (Wildman–Crippen MR) is 218 cm³/mol. The van der Waals surface area contributed by atoms with E-state index in [-0.39, 0.29) is 22.7 Å². The highest BCUT2D eigenvalue weighted by Crippen LogP contribution is 2.40. The van der Waals surface area contributed by atoms with Gasteiger partial charge in [0.1, 0.15) is 16.9 Å². The molecular formula is C44H46Cl4O6. The maximum atomic E-state index is 13.7. The molecule has 0 spiro atoms. The van der Waals surface area contributed by atoms with Gasteiger partial charge < -0.3 is 19.3 Å². The molecule has 1 aliphatic carbocycles. The largest absolute Gasteiger partial charge is 0.871 e. The summed E-state index contributed by atoms with van der Waals surface area (Å²) in [5, 5.41) is 15.3. The molecule has 54 heavy (non-hydrogen) atoms. The number of Topliss-reactive ketones (excluding diaryl/α,β-unsaturated/α-hetero) is 1. The quantitative estimate of drug-likeness (QED) is 0.119. The second kappa shape index (κ2) is 17.2. The third-order valence-corrected chi connectivity index (χ3v) is 10.3. The van der Waals surface area contributed by atoms with E-state index in [9.17, 15) is 9.90 Å². The molecule has 0 fully saturated rings. The first-order valence-electron chi connectivity index (χ1n) is 17.9. The summed E-state index contributed by atoms with van der Waals surface area (Å²) in [6.07, 6.45) is 6.83. The van der Waals surface area contributed by atoms with Crippen molar-refractivity contribution < 1.29 is 28.5 Å². The van der Waals surface area contributed by atoms with Crippen molar-refractivity contribution in [1.82, 2.24) is 0 Å². The highest BCUT2D eigenvalue weighted by atomic mass is 35.5. The summed E-state index contributed by atoms with van der Waals surface area (Å²) in [6.45, 7) is 18.4. The van der Waals surface area contributed by atoms with Crippen LogP contribution in [0.1, 0.15) is 72.3 Å². The zero-order valence-corrected chi connectivity index (χ0v) is 34.9. The number of hydrogen-bond acceptors (Lipinski definition) is 5. The molecule has 0 saturated carbocycles. The van der Waals surface area contributed by atoms with Crippen molar-refractivity contribution in [3.63, 3.8) is 0 Å². The summed E-state index contributed by atoms with van der Waals surface area (Å²) in [4.78, 5) is 13.7. The summed E-state index contributed by atoms with van der Waals surface area (Å²) in [5.74, 6) is 2.24. The number of allylic oxidation sites excluding steroid dienone is 6. The number of rotatable bonds is 14. The maximum Gasteiger partial charge on any atom is 0.360 e. The Balaban J connectivity index is 1.55. The van der Waals surface area contributed by atoms with E-state index in [1.807, 2.05) is 39.8 Å². The minimum absolute atomic E-state index is 0.0697. The lowest BCUT2D eigenvalue weighted by atomic mass is 9.84. The van der Waals surface area contributed by atoms with E-state index < -0.39 is 10.8 Å². The smallest absolute Gasteiger partial charge is 0.360 e. The fraction of sp³-hybridized carbons (Fsp3) is 0.364. The second-order valence-electron chi connectivity index (χ2n) is 15.9. The molecule has 2 aromatic carbocycles. The van der Waals surface area contributed by atoms with Crippen LogP contribution < -0.4 is 5.11 Å². The highest BCUT2D eigenvalue weighted by Gasteiger charge is 2.36. The van der Waals surface area contributed by atoms with Crippen molar-refractivity contribution in [2.45, 2.75) is 60.8 Å². The van der Waals surface area contributed by atoms with Crippen LogP contribution >= 0.6 is 46.4 Å². The number of ketones is 1. The summed E-state index contributed by atoms with van der Waals surface area (Å²) < 4.78 is 24.8. The third kappa shape index (κ3) is 10.1. The number of carbonyl (C=O) groups is 1. The number of hydrogen-bond donors (Lipinski definition) is 0. The van der Waals surface area contributed by atoms with Crippen molar-refractivity contribution >= 4 is 64.0 Å². The Morgan fingerprint density at radius 2 is 1.33 bits per heavy atom. The standard InChI is InChI=1S/C44H46Cl4O6/c1-25(2)21-51-23-43(5,6)39-17-27(15-37(53-39)29-9-11-33(45)35(47)19-29)13-31-41(49)32(42(31)50)14-28-16-38(30-10-12-34(46)36(48)20-30)54-40(18-28)44(7,8)24-52-22-26(3)4/h9-20,25-26H,21-24H2,1-8H3. The van der Waals surface area contributed by atoms with Crippen molar-refractivity contribution in [3.8, 4) is 11.3 Å². The second-order valence-corrected chi connectivity index (χ2v) is 17.5. The molecule has 3 aromatic rings. The summed E-state index contributed by atoms with van der Waals surface area (Å²) in [7, 11) is 0. The van der Waals surface area contributed by atoms with Crippen LogP contribution in [0.4, 0.5) is 0 Å². The van der Waals surface area contributed by atoms with Gasteiger partial charge >= 0.3 is 11.5 Å². The molecule has 286 valence electrons. The van der Waals surface area contributed by atoms with E-state index in [4.69, 9.17) is 65.0 Å². The molecule has 1 aromatic heterocycles. The van der Waals surface area contributed by atoms with Gasteiger partial charge in [-0.3, -0.25) is 4.79 Å². The fourth-order valence-corrected chi connectivity index (χ4v) is 6.33. The Labute approximate surface area is 338 Å². The number of halogens is 4. The van der Waals surface area contributed by atoms with E-state index in [2.05, 4.69) is 27.7 Å². The van der Waals surface area contributed by atoms with E-state index >= 15 is 0 Å². The maximum absolute atomic E-state index is 13.7. The van der Waals surface area contributed by atoms with Gasteiger partial charge in [0.2, 0.25) is 0 Å². The first-order chi connectivity index (χ1) is 25.3. The van der Waals surface area contributed by atoms with Gasteiger partial charge in [-0.15, -0.1) is 0 Å². The molecule has 0 amide bonds. The Kier molecular flexibility index (Phi) is 13.3. The molecule has 2 aliphatic rings. The van der Waals surface area contributed by atoms with Gasteiger partial charge in [-0.25, -0.2) is 4.42 Å². The van der Waals surface area contributed by atoms with E-state index in [0.29, 0.717) is 104 Å². The van der Waals surface area contributed by atoms with Crippen LogP contribution in [-0.4, -0.2) is 32.2 Å². The van der Waals surface area contributed by atoms with Crippen LogP contribution in [0.3, 0.4) is 0 Å². The van der Waals surface area contributed by atoms with Gasteiger partial charge in [-0.2, -0.15) is 0 Å². The highest BCUT2D eigenvalue weighted by molar-refractivity contribution is 6.42. The first kappa shape index (κ1) is 41.8. The fourth-order valence-electron chi connectivity index (χ4n) is 5.73. The summed E-state index contributed by atoms with van der Waals surface area (Å²) in [5.41, 5.74) is 1.69. The lowest BCUT2D eigenvalue weighted by molar-refractivity contribution is -0.300. The zero-order valence-electron chi connectivity index (χ0n) is 31.9. The molecule has 0 atom stereocenters. The van der Waals surface area contributed by atoms with Crippen LogP contribution in [0.5, 0.6) is 0 Å². The van der Waals surface area contributed by atoms with Gasteiger partial charge in [0.25, 0.3) is 0 Å². The van der Waals surface area contributed by atoms with E-state index in [1.54, 1.807) is 60.7 Å². The summed E-state index contributed by atoms with van der Waals surface area (Å²) >= 11 is 25.2. The number of ether oxygens (including phenoxy) is 3. The lowest BCUT2D eigenvalue weighted by Gasteiger charge is -2.32. The molecule has 0 N–H and O–H groups in total. The Bertz CT molecular complexity index is 2080. The average molecular weight is 813 g/mol. The molecule has 0 bridgehead atoms. The molecule has 1 aliphatic heterocycles.